The van der Waals surface area contributed by atoms with Crippen molar-refractivity contribution in [1.82, 2.24) is 0 Å². The molecule has 0 aromatic heterocycles. The van der Waals surface area contributed by atoms with Crippen molar-refractivity contribution in [2.75, 3.05) is 0 Å². The lowest BCUT2D eigenvalue weighted by atomic mass is 10.00. The number of fused-ring (bicyclic) bond motifs is 1. The summed E-state index contributed by atoms with van der Waals surface area (Å²) in [5, 5.41) is 1.59. The molecule has 0 bridgehead atoms. The van der Waals surface area contributed by atoms with Gasteiger partial charge in [0.15, 0.2) is 0 Å². The van der Waals surface area contributed by atoms with Gasteiger partial charge in [0.2, 0.25) is 0 Å². The number of hydrogen-bond donors (Lipinski definition) is 0. The maximum Gasteiger partial charge on any atom is 0.134 e. The average Bonchev–Trinajstić information content (AvgIpc) is 2.84. The summed E-state index contributed by atoms with van der Waals surface area (Å²) in [5.74, 6) is 6.39. The molecule has 4 aromatic carbocycles. The van der Waals surface area contributed by atoms with E-state index in [0.29, 0.717) is 5.39 Å². The molecular weight excluding hydrogens is 391 g/mol. The molecule has 0 N–H and O–H groups in total. The Morgan fingerprint density at radius 2 is 1.34 bits per heavy atom. The molecule has 0 saturated carbocycles. The predicted molar refractivity (Wildman–Crippen MR) is 134 cm³/mol. The maximum absolute atomic E-state index is 14.9. The molecule has 160 valence electrons. The van der Waals surface area contributed by atoms with Crippen molar-refractivity contribution in [3.63, 3.8) is 0 Å². The quantitative estimate of drug-likeness (QED) is 0.217. The van der Waals surface area contributed by atoms with E-state index in [1.807, 2.05) is 30.3 Å². The van der Waals surface area contributed by atoms with Gasteiger partial charge in [-0.05, 0) is 71.2 Å². The molecule has 0 amide bonds. The molecule has 0 unspecified atom stereocenters. The van der Waals surface area contributed by atoms with Crippen molar-refractivity contribution in [2.24, 2.45) is 0 Å². The van der Waals surface area contributed by atoms with Crippen LogP contribution in [0.4, 0.5) is 4.39 Å². The van der Waals surface area contributed by atoms with Gasteiger partial charge in [-0.2, -0.15) is 0 Å². The monoisotopic (exact) mass is 420 g/mol. The topological polar surface area (TPSA) is 0 Å². The summed E-state index contributed by atoms with van der Waals surface area (Å²) in [5.41, 5.74) is 6.43. The standard InChI is InChI=1S/C31H29F/c1-3-5-6-7-28-19-20-29-22-25(14-21-30(29)31(28)32)9-8-24-12-17-27(18-13-24)26-15-10-23(4-2)11-16-26/h10-22H,3-7H2,1-2H3. The molecule has 0 heterocycles. The van der Waals surface area contributed by atoms with E-state index in [4.69, 9.17) is 0 Å². The Balaban J connectivity index is 1.51. The highest BCUT2D eigenvalue weighted by Gasteiger charge is 2.07. The SMILES string of the molecule is CCCCCc1ccc2cc(C#Cc3ccc(-c4ccc(CC)cc4)cc3)ccc2c1F. The number of aryl methyl sites for hydroxylation is 2. The zero-order valence-electron chi connectivity index (χ0n) is 18.9. The summed E-state index contributed by atoms with van der Waals surface area (Å²) in [6.45, 7) is 4.33. The van der Waals surface area contributed by atoms with Gasteiger partial charge < -0.3 is 0 Å². The van der Waals surface area contributed by atoms with Gasteiger partial charge in [-0.3, -0.25) is 0 Å². The first kappa shape index (κ1) is 21.8. The van der Waals surface area contributed by atoms with Gasteiger partial charge in [-0.15, -0.1) is 0 Å². The van der Waals surface area contributed by atoms with Gasteiger partial charge in [-0.1, -0.05) is 93.1 Å². The smallest absolute Gasteiger partial charge is 0.134 e. The van der Waals surface area contributed by atoms with E-state index in [-0.39, 0.29) is 5.82 Å². The van der Waals surface area contributed by atoms with E-state index in [1.54, 1.807) is 0 Å². The maximum atomic E-state index is 14.9. The molecule has 1 heteroatoms. The number of hydrogen-bond acceptors (Lipinski definition) is 0. The van der Waals surface area contributed by atoms with E-state index < -0.39 is 0 Å². The lowest BCUT2D eigenvalue weighted by molar-refractivity contribution is 0.609. The summed E-state index contributed by atoms with van der Waals surface area (Å²) in [6, 6.07) is 26.7. The van der Waals surface area contributed by atoms with Crippen LogP contribution in [0.15, 0.2) is 78.9 Å². The largest absolute Gasteiger partial charge is 0.206 e. The molecule has 32 heavy (non-hydrogen) atoms. The van der Waals surface area contributed by atoms with Gasteiger partial charge in [-0.25, -0.2) is 4.39 Å². The lowest BCUT2D eigenvalue weighted by Gasteiger charge is -2.07. The second-order valence-electron chi connectivity index (χ2n) is 8.31. The second-order valence-corrected chi connectivity index (χ2v) is 8.31. The lowest BCUT2D eigenvalue weighted by Crippen LogP contribution is -1.93. The minimum Gasteiger partial charge on any atom is -0.206 e. The van der Waals surface area contributed by atoms with E-state index in [9.17, 15) is 4.39 Å². The minimum absolute atomic E-state index is 0.0827. The average molecular weight is 421 g/mol. The van der Waals surface area contributed by atoms with Gasteiger partial charge in [0, 0.05) is 16.5 Å². The molecule has 0 aliphatic carbocycles. The summed E-state index contributed by atoms with van der Waals surface area (Å²) in [4.78, 5) is 0. The number of halogens is 1. The van der Waals surface area contributed by atoms with Crippen LogP contribution in [0.2, 0.25) is 0 Å². The third-order valence-electron chi connectivity index (χ3n) is 6.02. The number of rotatable bonds is 6. The third-order valence-corrected chi connectivity index (χ3v) is 6.02. The molecule has 4 aromatic rings. The Bertz CT molecular complexity index is 1250. The van der Waals surface area contributed by atoms with Crippen LogP contribution in [0.1, 0.15) is 55.4 Å². The number of benzene rings is 4. The first-order valence-electron chi connectivity index (χ1n) is 11.6. The van der Waals surface area contributed by atoms with E-state index >= 15 is 0 Å². The van der Waals surface area contributed by atoms with Gasteiger partial charge in [0.1, 0.15) is 5.82 Å². The molecule has 0 atom stereocenters. The molecule has 0 nitrogen and oxygen atoms in total. The predicted octanol–water partition coefficient (Wildman–Crippen LogP) is 8.34. The Morgan fingerprint density at radius 3 is 2.03 bits per heavy atom. The van der Waals surface area contributed by atoms with Crippen molar-refractivity contribution >= 4 is 10.8 Å². The highest BCUT2D eigenvalue weighted by atomic mass is 19.1. The van der Waals surface area contributed by atoms with Gasteiger partial charge >= 0.3 is 0 Å². The molecule has 0 aliphatic rings. The van der Waals surface area contributed by atoms with Crippen LogP contribution in [-0.2, 0) is 12.8 Å². The Morgan fingerprint density at radius 1 is 0.688 bits per heavy atom. The fraction of sp³-hybridized carbons (Fsp3) is 0.226. The van der Waals surface area contributed by atoms with Crippen molar-refractivity contribution in [2.45, 2.75) is 46.0 Å². The van der Waals surface area contributed by atoms with E-state index in [2.05, 4.69) is 74.2 Å². The second kappa shape index (κ2) is 10.3. The fourth-order valence-corrected chi connectivity index (χ4v) is 4.00. The first-order valence-corrected chi connectivity index (χ1v) is 11.6. The van der Waals surface area contributed by atoms with Crippen LogP contribution in [-0.4, -0.2) is 0 Å². The highest BCUT2D eigenvalue weighted by molar-refractivity contribution is 5.85. The Labute approximate surface area is 191 Å². The zero-order valence-corrected chi connectivity index (χ0v) is 18.9. The van der Waals surface area contributed by atoms with Crippen molar-refractivity contribution in [3.05, 3.63) is 107 Å². The van der Waals surface area contributed by atoms with E-state index in [0.717, 1.165) is 54.2 Å². The summed E-state index contributed by atoms with van der Waals surface area (Å²) in [7, 11) is 0. The molecule has 4 rings (SSSR count). The van der Waals surface area contributed by atoms with E-state index in [1.165, 1.54) is 16.7 Å². The summed E-state index contributed by atoms with van der Waals surface area (Å²) >= 11 is 0. The van der Waals surface area contributed by atoms with Crippen LogP contribution in [0.25, 0.3) is 21.9 Å². The molecule has 0 aliphatic heterocycles. The molecular formula is C31H29F. The Hall–Kier alpha value is -3.37. The van der Waals surface area contributed by atoms with Gasteiger partial charge in [0.25, 0.3) is 0 Å². The Kier molecular flexibility index (Phi) is 7.03. The van der Waals surface area contributed by atoms with Crippen molar-refractivity contribution in [1.29, 1.82) is 0 Å². The van der Waals surface area contributed by atoms with Gasteiger partial charge in [0.05, 0.1) is 0 Å². The van der Waals surface area contributed by atoms with Crippen LogP contribution in [0, 0.1) is 17.7 Å². The first-order chi connectivity index (χ1) is 15.7. The molecule has 0 spiro atoms. The molecule has 0 saturated heterocycles. The summed E-state index contributed by atoms with van der Waals surface area (Å²) < 4.78 is 14.9. The third kappa shape index (κ3) is 5.09. The molecule has 0 radical (unpaired) electrons. The highest BCUT2D eigenvalue weighted by Crippen LogP contribution is 2.24. The zero-order chi connectivity index (χ0) is 22.3. The fourth-order valence-electron chi connectivity index (χ4n) is 4.00. The summed E-state index contributed by atoms with van der Waals surface area (Å²) in [6.07, 6.45) is 5.17. The minimum atomic E-state index is -0.0827. The van der Waals surface area contributed by atoms with Crippen LogP contribution in [0.3, 0.4) is 0 Å². The van der Waals surface area contributed by atoms with Crippen LogP contribution < -0.4 is 0 Å². The van der Waals surface area contributed by atoms with Crippen molar-refractivity contribution in [3.8, 4) is 23.0 Å². The molecule has 0 fully saturated rings. The van der Waals surface area contributed by atoms with Crippen LogP contribution >= 0.6 is 0 Å². The van der Waals surface area contributed by atoms with Crippen molar-refractivity contribution < 1.29 is 4.39 Å². The van der Waals surface area contributed by atoms with Crippen LogP contribution in [0.5, 0.6) is 0 Å². The number of unbranched alkanes of at least 4 members (excludes halogenated alkanes) is 2. The normalized spacial score (nSPS) is 10.7.